The molecule has 1 fully saturated rings. The Hall–Kier alpha value is -2.67. The third kappa shape index (κ3) is 2.92. The van der Waals surface area contributed by atoms with Gasteiger partial charge in [-0.3, -0.25) is 9.59 Å². The molecule has 2 aliphatic heterocycles. The normalized spacial score (nSPS) is 18.7. The Morgan fingerprint density at radius 2 is 2.04 bits per heavy atom. The lowest BCUT2D eigenvalue weighted by Gasteiger charge is -2.47. The first-order valence-electron chi connectivity index (χ1n) is 9.27. The molecule has 1 aromatic heterocycles. The van der Waals surface area contributed by atoms with Gasteiger partial charge < -0.3 is 19.4 Å². The van der Waals surface area contributed by atoms with Gasteiger partial charge in [0.15, 0.2) is 0 Å². The number of rotatable bonds is 3. The van der Waals surface area contributed by atoms with Crippen molar-refractivity contribution in [2.75, 3.05) is 31.1 Å². The van der Waals surface area contributed by atoms with Crippen molar-refractivity contribution in [3.8, 4) is 0 Å². The Morgan fingerprint density at radius 3 is 2.70 bits per heavy atom. The lowest BCUT2D eigenvalue weighted by atomic mass is 9.67. The van der Waals surface area contributed by atoms with Crippen molar-refractivity contribution in [2.24, 2.45) is 0 Å². The highest BCUT2D eigenvalue weighted by Crippen LogP contribution is 2.47. The Balaban J connectivity index is 1.59. The number of hydrogen-bond acceptors (Lipinski definition) is 5. The molecule has 0 radical (unpaired) electrons. The number of amides is 2. The molecule has 7 nitrogen and oxygen atoms in total. The number of likely N-dealkylation sites (tertiary alicyclic amines) is 1. The number of aromatic nitrogens is 1. The second kappa shape index (κ2) is 6.81. The van der Waals surface area contributed by atoms with Crippen LogP contribution < -0.4 is 4.90 Å². The summed E-state index contributed by atoms with van der Waals surface area (Å²) in [7, 11) is 0. The van der Waals surface area contributed by atoms with Crippen LogP contribution in [0.1, 0.15) is 40.9 Å². The number of carbonyl (C=O) groups excluding carboxylic acids is 2. The number of carbonyl (C=O) groups is 2. The summed E-state index contributed by atoms with van der Waals surface area (Å²) in [6, 6.07) is 7.93. The quantitative estimate of drug-likeness (QED) is 0.893. The van der Waals surface area contributed by atoms with Gasteiger partial charge in [0.2, 0.25) is 5.91 Å². The van der Waals surface area contributed by atoms with Gasteiger partial charge in [-0.1, -0.05) is 23.4 Å². The number of nitrogens with zero attached hydrogens (tertiary/aromatic N) is 3. The average molecular weight is 369 g/mol. The maximum absolute atomic E-state index is 12.8. The Labute approximate surface area is 157 Å². The van der Waals surface area contributed by atoms with E-state index in [9.17, 15) is 14.7 Å². The lowest BCUT2D eigenvalue weighted by Crippen LogP contribution is -2.51. The largest absolute Gasteiger partial charge is 0.395 e. The molecule has 3 heterocycles. The van der Waals surface area contributed by atoms with Crippen molar-refractivity contribution in [2.45, 2.75) is 31.6 Å². The van der Waals surface area contributed by atoms with E-state index in [2.05, 4.69) is 11.2 Å². The molecule has 0 atom stereocenters. The SMILES string of the molecule is Cc1nocc1C(=O)N1CCC2(CC1)CC(=O)N(CCO)c1ccccc12. The van der Waals surface area contributed by atoms with E-state index in [-0.39, 0.29) is 23.8 Å². The summed E-state index contributed by atoms with van der Waals surface area (Å²) >= 11 is 0. The Kier molecular flexibility index (Phi) is 4.47. The van der Waals surface area contributed by atoms with Crippen LogP contribution in [0.25, 0.3) is 0 Å². The van der Waals surface area contributed by atoms with E-state index in [4.69, 9.17) is 4.52 Å². The fourth-order valence-corrected chi connectivity index (χ4v) is 4.37. The number of aryl methyl sites for hydroxylation is 1. The molecule has 1 saturated heterocycles. The van der Waals surface area contributed by atoms with E-state index in [0.717, 1.165) is 24.1 Å². The molecule has 0 bridgehead atoms. The summed E-state index contributed by atoms with van der Waals surface area (Å²) in [5, 5.41) is 13.1. The summed E-state index contributed by atoms with van der Waals surface area (Å²) in [6.07, 6.45) is 3.28. The fraction of sp³-hybridized carbons (Fsp3) is 0.450. The summed E-state index contributed by atoms with van der Waals surface area (Å²) < 4.78 is 4.89. The standard InChI is InChI=1S/C20H23N3O4/c1-14-15(13-27-21-14)19(26)22-8-6-20(7-9-22)12-18(25)23(10-11-24)17-5-3-2-4-16(17)20/h2-5,13,24H,6-12H2,1H3. The number of benzene rings is 1. The number of aliphatic hydroxyl groups excluding tert-OH is 1. The van der Waals surface area contributed by atoms with Crippen LogP contribution in [0.2, 0.25) is 0 Å². The summed E-state index contributed by atoms with van der Waals surface area (Å²) in [4.78, 5) is 29.0. The minimum atomic E-state index is -0.250. The van der Waals surface area contributed by atoms with Crippen LogP contribution in [0.4, 0.5) is 5.69 Å². The molecule has 1 aromatic carbocycles. The smallest absolute Gasteiger partial charge is 0.259 e. The van der Waals surface area contributed by atoms with Gasteiger partial charge in [0, 0.05) is 37.2 Å². The Morgan fingerprint density at radius 1 is 1.30 bits per heavy atom. The third-order valence-corrected chi connectivity index (χ3v) is 5.87. The highest BCUT2D eigenvalue weighted by molar-refractivity contribution is 5.98. The molecule has 2 aromatic rings. The van der Waals surface area contributed by atoms with Crippen molar-refractivity contribution >= 4 is 17.5 Å². The van der Waals surface area contributed by atoms with Gasteiger partial charge in [-0.05, 0) is 31.4 Å². The molecule has 7 heteroatoms. The number of hydrogen-bond donors (Lipinski definition) is 1. The zero-order valence-corrected chi connectivity index (χ0v) is 15.4. The first kappa shape index (κ1) is 17.7. The molecular weight excluding hydrogens is 346 g/mol. The number of para-hydroxylation sites is 1. The topological polar surface area (TPSA) is 86.9 Å². The number of piperidine rings is 1. The van der Waals surface area contributed by atoms with E-state index in [1.807, 2.05) is 23.1 Å². The predicted octanol–water partition coefficient (Wildman–Crippen LogP) is 1.89. The molecular formula is C20H23N3O4. The molecule has 0 unspecified atom stereocenters. The minimum Gasteiger partial charge on any atom is -0.395 e. The van der Waals surface area contributed by atoms with Crippen LogP contribution in [0.3, 0.4) is 0 Å². The number of anilines is 1. The summed E-state index contributed by atoms with van der Waals surface area (Å²) in [5.74, 6) is -0.0293. The predicted molar refractivity (Wildman–Crippen MR) is 98.6 cm³/mol. The highest BCUT2D eigenvalue weighted by atomic mass is 16.5. The number of aliphatic hydroxyl groups is 1. The van der Waals surface area contributed by atoms with E-state index in [0.29, 0.717) is 37.3 Å². The van der Waals surface area contributed by atoms with Crippen LogP contribution in [0, 0.1) is 6.92 Å². The van der Waals surface area contributed by atoms with Crippen LogP contribution in [0.15, 0.2) is 35.1 Å². The summed E-state index contributed by atoms with van der Waals surface area (Å²) in [5.41, 5.74) is 2.88. The van der Waals surface area contributed by atoms with Crippen LogP contribution >= 0.6 is 0 Å². The molecule has 2 amide bonds. The van der Waals surface area contributed by atoms with E-state index in [1.165, 1.54) is 6.26 Å². The van der Waals surface area contributed by atoms with E-state index < -0.39 is 0 Å². The first-order chi connectivity index (χ1) is 13.1. The van der Waals surface area contributed by atoms with Crippen LogP contribution in [0.5, 0.6) is 0 Å². The van der Waals surface area contributed by atoms with Crippen molar-refractivity contribution < 1.29 is 19.2 Å². The van der Waals surface area contributed by atoms with Crippen LogP contribution in [-0.4, -0.2) is 53.2 Å². The van der Waals surface area contributed by atoms with Gasteiger partial charge in [0.1, 0.15) is 11.8 Å². The second-order valence-electron chi connectivity index (χ2n) is 7.35. The van der Waals surface area contributed by atoms with E-state index >= 15 is 0 Å². The molecule has 0 aliphatic carbocycles. The highest BCUT2D eigenvalue weighted by Gasteiger charge is 2.45. The molecule has 4 rings (SSSR count). The Bertz CT molecular complexity index is 868. The van der Waals surface area contributed by atoms with Crippen LogP contribution in [-0.2, 0) is 10.2 Å². The third-order valence-electron chi connectivity index (χ3n) is 5.87. The van der Waals surface area contributed by atoms with Gasteiger partial charge in [-0.25, -0.2) is 0 Å². The number of β-amino-alcohol motifs (C(OH)–C–C–N with tert-alkyl or cyclic N) is 1. The van der Waals surface area contributed by atoms with Crippen molar-refractivity contribution in [1.82, 2.24) is 10.1 Å². The summed E-state index contributed by atoms with van der Waals surface area (Å²) in [6.45, 7) is 3.18. The average Bonchev–Trinajstić information content (AvgIpc) is 3.11. The van der Waals surface area contributed by atoms with E-state index in [1.54, 1.807) is 11.8 Å². The minimum absolute atomic E-state index is 0.0393. The molecule has 2 aliphatic rings. The van der Waals surface area contributed by atoms with Crippen molar-refractivity contribution in [3.05, 3.63) is 47.3 Å². The van der Waals surface area contributed by atoms with Gasteiger partial charge in [-0.15, -0.1) is 0 Å². The van der Waals surface area contributed by atoms with Gasteiger partial charge in [-0.2, -0.15) is 0 Å². The molecule has 0 saturated carbocycles. The van der Waals surface area contributed by atoms with Gasteiger partial charge in [0.25, 0.3) is 5.91 Å². The zero-order chi connectivity index (χ0) is 19.0. The molecule has 27 heavy (non-hydrogen) atoms. The molecule has 142 valence electrons. The molecule has 1 N–H and O–H groups in total. The lowest BCUT2D eigenvalue weighted by molar-refractivity contribution is -0.121. The van der Waals surface area contributed by atoms with Crippen molar-refractivity contribution in [1.29, 1.82) is 0 Å². The maximum atomic E-state index is 12.8. The monoisotopic (exact) mass is 369 g/mol. The first-order valence-corrected chi connectivity index (χ1v) is 9.27. The fourth-order valence-electron chi connectivity index (χ4n) is 4.37. The maximum Gasteiger partial charge on any atom is 0.259 e. The van der Waals surface area contributed by atoms with Crippen molar-refractivity contribution in [3.63, 3.8) is 0 Å². The van der Waals surface area contributed by atoms with Gasteiger partial charge >= 0.3 is 0 Å². The second-order valence-corrected chi connectivity index (χ2v) is 7.35. The zero-order valence-electron chi connectivity index (χ0n) is 15.4. The number of fused-ring (bicyclic) bond motifs is 2. The van der Waals surface area contributed by atoms with Gasteiger partial charge in [0.05, 0.1) is 12.3 Å². The molecule has 1 spiro atoms.